The summed E-state index contributed by atoms with van der Waals surface area (Å²) in [6.45, 7) is 0.127. The third kappa shape index (κ3) is 3.65. The minimum absolute atomic E-state index is 0.153. The van der Waals surface area contributed by atoms with Crippen molar-refractivity contribution < 1.29 is 14.6 Å². The number of pyridine rings is 1. The van der Waals surface area contributed by atoms with Crippen LogP contribution in [0.1, 0.15) is 10.4 Å². The lowest BCUT2D eigenvalue weighted by Gasteiger charge is -2.14. The summed E-state index contributed by atoms with van der Waals surface area (Å²) in [5, 5.41) is 11.6. The number of nitrogens with one attached hydrogen (secondary N) is 1. The zero-order valence-corrected chi connectivity index (χ0v) is 8.51. The zero-order valence-electron chi connectivity index (χ0n) is 8.51. The van der Waals surface area contributed by atoms with Crippen LogP contribution in [0.4, 0.5) is 0 Å². The van der Waals surface area contributed by atoms with E-state index in [1.807, 2.05) is 0 Å². The molecule has 0 radical (unpaired) electrons. The van der Waals surface area contributed by atoms with Crippen molar-refractivity contribution in [2.24, 2.45) is 0 Å². The fourth-order valence-electron chi connectivity index (χ4n) is 1.11. The number of methoxy groups -OCH3 is 1. The van der Waals surface area contributed by atoms with Crippen LogP contribution in [-0.2, 0) is 4.74 Å². The zero-order chi connectivity index (χ0) is 11.1. The van der Waals surface area contributed by atoms with Gasteiger partial charge in [-0.3, -0.25) is 9.78 Å². The van der Waals surface area contributed by atoms with E-state index >= 15 is 0 Å². The molecule has 82 valence electrons. The van der Waals surface area contributed by atoms with Gasteiger partial charge in [0.1, 0.15) is 0 Å². The highest BCUT2D eigenvalue weighted by molar-refractivity contribution is 5.94. The lowest BCUT2D eigenvalue weighted by molar-refractivity contribution is 0.0839. The van der Waals surface area contributed by atoms with E-state index in [2.05, 4.69) is 10.3 Å². The maximum absolute atomic E-state index is 11.6. The molecule has 2 N–H and O–H groups in total. The van der Waals surface area contributed by atoms with Crippen LogP contribution >= 0.6 is 0 Å². The van der Waals surface area contributed by atoms with E-state index in [4.69, 9.17) is 9.84 Å². The number of aromatic nitrogens is 1. The lowest BCUT2D eigenvalue weighted by Crippen LogP contribution is -2.40. The number of nitrogens with zero attached hydrogens (tertiary/aromatic N) is 1. The highest BCUT2D eigenvalue weighted by Gasteiger charge is 2.12. The molecule has 5 heteroatoms. The molecule has 15 heavy (non-hydrogen) atoms. The van der Waals surface area contributed by atoms with Crippen molar-refractivity contribution in [2.75, 3.05) is 20.3 Å². The minimum atomic E-state index is -0.386. The average molecular weight is 210 g/mol. The van der Waals surface area contributed by atoms with Crippen LogP contribution in [0.15, 0.2) is 24.5 Å². The summed E-state index contributed by atoms with van der Waals surface area (Å²) in [5.41, 5.74) is 0.465. The third-order valence-corrected chi connectivity index (χ3v) is 1.85. The molecule has 1 amide bonds. The van der Waals surface area contributed by atoms with Crippen molar-refractivity contribution in [3.63, 3.8) is 0 Å². The quantitative estimate of drug-likeness (QED) is 0.707. The minimum Gasteiger partial charge on any atom is -0.394 e. The molecule has 1 rings (SSSR count). The highest BCUT2D eigenvalue weighted by atomic mass is 16.5. The first-order chi connectivity index (χ1) is 7.27. The van der Waals surface area contributed by atoms with Gasteiger partial charge in [0.05, 0.1) is 24.8 Å². The summed E-state index contributed by atoms with van der Waals surface area (Å²) in [4.78, 5) is 15.4. The summed E-state index contributed by atoms with van der Waals surface area (Å²) in [7, 11) is 1.51. The molecule has 1 aromatic rings. The second-order valence-corrected chi connectivity index (χ2v) is 3.05. The average Bonchev–Trinajstić information content (AvgIpc) is 2.29. The molecule has 0 aliphatic rings. The van der Waals surface area contributed by atoms with Gasteiger partial charge in [0.2, 0.25) is 0 Å². The maximum Gasteiger partial charge on any atom is 0.253 e. The van der Waals surface area contributed by atoms with E-state index in [0.29, 0.717) is 5.56 Å². The first-order valence-corrected chi connectivity index (χ1v) is 4.58. The molecule has 1 unspecified atom stereocenters. The fraction of sp³-hybridized carbons (Fsp3) is 0.400. The topological polar surface area (TPSA) is 71.5 Å². The number of amides is 1. The number of rotatable bonds is 5. The van der Waals surface area contributed by atoms with E-state index < -0.39 is 0 Å². The Morgan fingerprint density at radius 2 is 2.53 bits per heavy atom. The van der Waals surface area contributed by atoms with Gasteiger partial charge >= 0.3 is 0 Å². The van der Waals surface area contributed by atoms with Gasteiger partial charge in [0, 0.05) is 19.5 Å². The molecule has 0 saturated heterocycles. The first kappa shape index (κ1) is 11.6. The second kappa shape index (κ2) is 6.10. The molecule has 1 aromatic heterocycles. The molecular formula is C10H14N2O3. The van der Waals surface area contributed by atoms with Crippen LogP contribution in [0.3, 0.4) is 0 Å². The summed E-state index contributed by atoms with van der Waals surface area (Å²) in [6, 6.07) is 2.95. The van der Waals surface area contributed by atoms with Gasteiger partial charge in [-0.2, -0.15) is 0 Å². The lowest BCUT2D eigenvalue weighted by atomic mass is 10.2. The van der Waals surface area contributed by atoms with Gasteiger partial charge in [-0.1, -0.05) is 0 Å². The van der Waals surface area contributed by atoms with Crippen LogP contribution in [0.2, 0.25) is 0 Å². The number of carbonyl (C=O) groups excluding carboxylic acids is 1. The number of hydrogen-bond acceptors (Lipinski definition) is 4. The van der Waals surface area contributed by atoms with Crippen molar-refractivity contribution in [2.45, 2.75) is 6.04 Å². The van der Waals surface area contributed by atoms with Crippen LogP contribution in [0.5, 0.6) is 0 Å². The summed E-state index contributed by atoms with van der Waals surface area (Å²) < 4.78 is 4.84. The molecule has 0 spiro atoms. The molecule has 0 aromatic carbocycles. The molecule has 0 fully saturated rings. The molecule has 1 atom stereocenters. The maximum atomic E-state index is 11.6. The standard InChI is InChI=1S/C10H14N2O3/c1-15-7-9(6-13)12-10(14)8-3-2-4-11-5-8/h2-5,9,13H,6-7H2,1H3,(H,12,14). The van der Waals surface area contributed by atoms with Gasteiger partial charge in [-0.15, -0.1) is 0 Å². The number of hydrogen-bond donors (Lipinski definition) is 2. The second-order valence-electron chi connectivity index (χ2n) is 3.05. The summed E-state index contributed by atoms with van der Waals surface area (Å²) >= 11 is 0. The van der Waals surface area contributed by atoms with Gasteiger partial charge < -0.3 is 15.2 Å². The molecule has 5 nitrogen and oxygen atoms in total. The normalized spacial score (nSPS) is 12.1. The largest absolute Gasteiger partial charge is 0.394 e. The number of ether oxygens (including phenoxy) is 1. The molecule has 0 bridgehead atoms. The predicted molar refractivity (Wildman–Crippen MR) is 54.5 cm³/mol. The highest BCUT2D eigenvalue weighted by Crippen LogP contribution is 1.96. The molecule has 0 aliphatic carbocycles. The predicted octanol–water partition coefficient (Wildman–Crippen LogP) is -0.181. The van der Waals surface area contributed by atoms with Crippen molar-refractivity contribution in [3.05, 3.63) is 30.1 Å². The smallest absolute Gasteiger partial charge is 0.253 e. The summed E-state index contributed by atoms with van der Waals surface area (Å²) in [5.74, 6) is -0.265. The van der Waals surface area contributed by atoms with Crippen LogP contribution in [0, 0.1) is 0 Å². The van der Waals surface area contributed by atoms with Gasteiger partial charge in [-0.25, -0.2) is 0 Å². The fourth-order valence-corrected chi connectivity index (χ4v) is 1.11. The Balaban J connectivity index is 2.55. The van der Waals surface area contributed by atoms with Gasteiger partial charge in [0.25, 0.3) is 5.91 Å². The van der Waals surface area contributed by atoms with Crippen molar-refractivity contribution in [1.29, 1.82) is 0 Å². The van der Waals surface area contributed by atoms with Gasteiger partial charge in [-0.05, 0) is 12.1 Å². The van der Waals surface area contributed by atoms with E-state index in [9.17, 15) is 4.79 Å². The summed E-state index contributed by atoms with van der Waals surface area (Å²) in [6.07, 6.45) is 3.06. The Kier molecular flexibility index (Phi) is 4.73. The molecule has 0 aliphatic heterocycles. The monoisotopic (exact) mass is 210 g/mol. The number of aliphatic hydroxyl groups is 1. The number of aliphatic hydroxyl groups excluding tert-OH is 1. The van der Waals surface area contributed by atoms with E-state index in [1.54, 1.807) is 18.3 Å². The van der Waals surface area contributed by atoms with Crippen molar-refractivity contribution >= 4 is 5.91 Å². The Hall–Kier alpha value is -1.46. The van der Waals surface area contributed by atoms with Crippen LogP contribution in [-0.4, -0.2) is 42.4 Å². The van der Waals surface area contributed by atoms with Crippen molar-refractivity contribution in [3.8, 4) is 0 Å². The van der Waals surface area contributed by atoms with Crippen molar-refractivity contribution in [1.82, 2.24) is 10.3 Å². The Morgan fingerprint density at radius 1 is 1.73 bits per heavy atom. The Bertz CT molecular complexity index is 303. The van der Waals surface area contributed by atoms with E-state index in [-0.39, 0.29) is 25.2 Å². The third-order valence-electron chi connectivity index (χ3n) is 1.85. The van der Waals surface area contributed by atoms with Crippen LogP contribution in [0.25, 0.3) is 0 Å². The molecule has 0 saturated carbocycles. The Morgan fingerprint density at radius 3 is 3.07 bits per heavy atom. The number of carbonyl (C=O) groups is 1. The van der Waals surface area contributed by atoms with Crippen LogP contribution < -0.4 is 5.32 Å². The molecular weight excluding hydrogens is 196 g/mol. The Labute approximate surface area is 88.1 Å². The molecule has 1 heterocycles. The van der Waals surface area contributed by atoms with E-state index in [1.165, 1.54) is 13.3 Å². The first-order valence-electron chi connectivity index (χ1n) is 4.58. The van der Waals surface area contributed by atoms with E-state index in [0.717, 1.165) is 0 Å². The van der Waals surface area contributed by atoms with Gasteiger partial charge in [0.15, 0.2) is 0 Å². The SMILES string of the molecule is COCC(CO)NC(=O)c1cccnc1.